The lowest BCUT2D eigenvalue weighted by molar-refractivity contribution is 0.602. The largest absolute Gasteiger partial charge is 0.312 e. The van der Waals surface area contributed by atoms with E-state index in [0.29, 0.717) is 0 Å². The molecule has 2 aromatic rings. The van der Waals surface area contributed by atoms with Crippen LogP contribution in [0, 0.1) is 0 Å². The molecule has 1 nitrogen and oxygen atoms in total. The lowest BCUT2D eigenvalue weighted by atomic mass is 10.0. The molecule has 1 aromatic heterocycles. The van der Waals surface area contributed by atoms with Gasteiger partial charge in [-0.25, -0.2) is 0 Å². The third kappa shape index (κ3) is 3.28. The van der Waals surface area contributed by atoms with Crippen molar-refractivity contribution in [3.63, 3.8) is 0 Å². The molecule has 0 bridgehead atoms. The molecule has 0 aliphatic heterocycles. The summed E-state index contributed by atoms with van der Waals surface area (Å²) in [4.78, 5) is 1.26. The first-order valence-electron chi connectivity index (χ1n) is 5.47. The van der Waals surface area contributed by atoms with E-state index in [-0.39, 0.29) is 6.04 Å². The Kier molecular flexibility index (Phi) is 5.10. The van der Waals surface area contributed by atoms with Crippen LogP contribution in [-0.4, -0.2) is 7.05 Å². The lowest BCUT2D eigenvalue weighted by Gasteiger charge is -2.16. The smallest absolute Gasteiger partial charge is 0.0701 e. The SMILES string of the molecule is CNC(Cc1c(Cl)cccc1Cl)c1ccc(Br)s1. The van der Waals surface area contributed by atoms with E-state index in [1.807, 2.05) is 25.2 Å². The molecule has 0 spiro atoms. The highest BCUT2D eigenvalue weighted by Gasteiger charge is 2.16. The minimum Gasteiger partial charge on any atom is -0.312 e. The number of benzene rings is 1. The molecule has 0 fully saturated rings. The Morgan fingerprint density at radius 2 is 1.89 bits per heavy atom. The third-order valence-electron chi connectivity index (χ3n) is 2.76. The first-order chi connectivity index (χ1) is 8.61. The van der Waals surface area contributed by atoms with Gasteiger partial charge in [0.05, 0.1) is 3.79 Å². The van der Waals surface area contributed by atoms with Crippen LogP contribution in [-0.2, 0) is 6.42 Å². The Labute approximate surface area is 129 Å². The van der Waals surface area contributed by atoms with E-state index in [4.69, 9.17) is 23.2 Å². The van der Waals surface area contributed by atoms with Gasteiger partial charge < -0.3 is 5.32 Å². The van der Waals surface area contributed by atoms with Crippen LogP contribution >= 0.6 is 50.5 Å². The summed E-state index contributed by atoms with van der Waals surface area (Å²) in [6, 6.07) is 10.0. The second kappa shape index (κ2) is 6.40. The molecule has 1 atom stereocenters. The predicted octanol–water partition coefficient (Wildman–Crippen LogP) is 5.32. The third-order valence-corrected chi connectivity index (χ3v) is 5.20. The Hall–Kier alpha value is -0.0600. The van der Waals surface area contributed by atoms with Crippen LogP contribution in [0.3, 0.4) is 0 Å². The van der Waals surface area contributed by atoms with Crippen molar-refractivity contribution in [2.24, 2.45) is 0 Å². The van der Waals surface area contributed by atoms with Crippen LogP contribution in [0.15, 0.2) is 34.1 Å². The Balaban J connectivity index is 2.26. The molecular formula is C13H12BrCl2NS. The quantitative estimate of drug-likeness (QED) is 0.773. The van der Waals surface area contributed by atoms with E-state index in [0.717, 1.165) is 25.8 Å². The van der Waals surface area contributed by atoms with E-state index in [9.17, 15) is 0 Å². The molecule has 1 heterocycles. The number of thiophene rings is 1. The number of nitrogens with one attached hydrogen (secondary N) is 1. The Morgan fingerprint density at radius 3 is 2.39 bits per heavy atom. The summed E-state index contributed by atoms with van der Waals surface area (Å²) in [5.41, 5.74) is 0.990. The molecular weight excluding hydrogens is 353 g/mol. The average molecular weight is 365 g/mol. The molecule has 0 aliphatic carbocycles. The van der Waals surface area contributed by atoms with E-state index in [1.165, 1.54) is 4.88 Å². The van der Waals surface area contributed by atoms with Gasteiger partial charge >= 0.3 is 0 Å². The van der Waals surface area contributed by atoms with E-state index in [1.54, 1.807) is 11.3 Å². The first-order valence-corrected chi connectivity index (χ1v) is 7.83. The van der Waals surface area contributed by atoms with Crippen LogP contribution in [0.25, 0.3) is 0 Å². The zero-order valence-corrected chi connectivity index (χ0v) is 13.6. The van der Waals surface area contributed by atoms with Crippen molar-refractivity contribution in [3.8, 4) is 0 Å². The number of likely N-dealkylation sites (N-methyl/N-ethyl adjacent to an activating group) is 1. The molecule has 96 valence electrons. The maximum Gasteiger partial charge on any atom is 0.0701 e. The summed E-state index contributed by atoms with van der Waals surface area (Å²) in [7, 11) is 1.95. The standard InChI is InChI=1S/C13H12BrCl2NS/c1-17-11(12-5-6-13(14)18-12)7-8-9(15)3-2-4-10(8)16/h2-6,11,17H,7H2,1H3. The van der Waals surface area contributed by atoms with Crippen molar-refractivity contribution in [2.45, 2.75) is 12.5 Å². The van der Waals surface area contributed by atoms with Gasteiger partial charge in [-0.15, -0.1) is 11.3 Å². The summed E-state index contributed by atoms with van der Waals surface area (Å²) >= 11 is 17.6. The van der Waals surface area contributed by atoms with Gasteiger partial charge in [-0.05, 0) is 59.2 Å². The average Bonchev–Trinajstić information content (AvgIpc) is 2.76. The summed E-state index contributed by atoms with van der Waals surface area (Å²) in [6.45, 7) is 0. The Bertz CT molecular complexity index is 521. The minimum atomic E-state index is 0.221. The number of hydrogen-bond donors (Lipinski definition) is 1. The highest BCUT2D eigenvalue weighted by Crippen LogP contribution is 2.33. The van der Waals surface area contributed by atoms with Gasteiger partial charge in [-0.1, -0.05) is 29.3 Å². The number of rotatable bonds is 4. The van der Waals surface area contributed by atoms with E-state index < -0.39 is 0 Å². The molecule has 1 unspecified atom stereocenters. The topological polar surface area (TPSA) is 12.0 Å². The van der Waals surface area contributed by atoms with Crippen LogP contribution in [0.5, 0.6) is 0 Å². The number of hydrogen-bond acceptors (Lipinski definition) is 2. The zero-order valence-electron chi connectivity index (χ0n) is 9.71. The second-order valence-electron chi connectivity index (χ2n) is 3.89. The van der Waals surface area contributed by atoms with E-state index >= 15 is 0 Å². The normalized spacial score (nSPS) is 12.7. The molecule has 0 saturated heterocycles. The fourth-order valence-electron chi connectivity index (χ4n) is 1.79. The molecule has 0 amide bonds. The van der Waals surface area contributed by atoms with Gasteiger partial charge in [0, 0.05) is 21.0 Å². The molecule has 0 radical (unpaired) electrons. The monoisotopic (exact) mass is 363 g/mol. The van der Waals surface area contributed by atoms with Gasteiger partial charge in [0.25, 0.3) is 0 Å². The first kappa shape index (κ1) is 14.4. The van der Waals surface area contributed by atoms with Crippen molar-refractivity contribution in [3.05, 3.63) is 54.6 Å². The zero-order chi connectivity index (χ0) is 13.1. The molecule has 2 rings (SSSR count). The van der Waals surface area contributed by atoms with Gasteiger partial charge in [0.1, 0.15) is 0 Å². The molecule has 1 N–H and O–H groups in total. The summed E-state index contributed by atoms with van der Waals surface area (Å²) in [5, 5.41) is 4.75. The van der Waals surface area contributed by atoms with Crippen molar-refractivity contribution in [2.75, 3.05) is 7.05 Å². The fraction of sp³-hybridized carbons (Fsp3) is 0.231. The van der Waals surface area contributed by atoms with Gasteiger partial charge in [0.2, 0.25) is 0 Å². The van der Waals surface area contributed by atoms with Gasteiger partial charge in [-0.2, -0.15) is 0 Å². The molecule has 1 aromatic carbocycles. The molecule has 0 aliphatic rings. The van der Waals surface area contributed by atoms with Crippen molar-refractivity contribution >= 4 is 50.5 Å². The van der Waals surface area contributed by atoms with Crippen molar-refractivity contribution in [1.29, 1.82) is 0 Å². The maximum absolute atomic E-state index is 6.21. The summed E-state index contributed by atoms with van der Waals surface area (Å²) in [5.74, 6) is 0. The van der Waals surface area contributed by atoms with Crippen LogP contribution in [0.1, 0.15) is 16.5 Å². The highest BCUT2D eigenvalue weighted by atomic mass is 79.9. The lowest BCUT2D eigenvalue weighted by Crippen LogP contribution is -2.18. The van der Waals surface area contributed by atoms with Crippen molar-refractivity contribution < 1.29 is 0 Å². The predicted molar refractivity (Wildman–Crippen MR) is 84.0 cm³/mol. The van der Waals surface area contributed by atoms with Crippen molar-refractivity contribution in [1.82, 2.24) is 5.32 Å². The van der Waals surface area contributed by atoms with Crippen LogP contribution < -0.4 is 5.32 Å². The molecule has 18 heavy (non-hydrogen) atoms. The van der Waals surface area contributed by atoms with Gasteiger partial charge in [-0.3, -0.25) is 0 Å². The summed E-state index contributed by atoms with van der Waals surface area (Å²) in [6.07, 6.45) is 0.780. The molecule has 0 saturated carbocycles. The van der Waals surface area contributed by atoms with Crippen LogP contribution in [0.2, 0.25) is 10.0 Å². The van der Waals surface area contributed by atoms with E-state index in [2.05, 4.69) is 33.4 Å². The summed E-state index contributed by atoms with van der Waals surface area (Å²) < 4.78 is 1.13. The number of halogens is 3. The molecule has 5 heteroatoms. The maximum atomic E-state index is 6.21. The highest BCUT2D eigenvalue weighted by molar-refractivity contribution is 9.11. The van der Waals surface area contributed by atoms with Gasteiger partial charge in [0.15, 0.2) is 0 Å². The van der Waals surface area contributed by atoms with Crippen LogP contribution in [0.4, 0.5) is 0 Å². The second-order valence-corrected chi connectivity index (χ2v) is 7.20. The Morgan fingerprint density at radius 1 is 1.22 bits per heavy atom. The minimum absolute atomic E-state index is 0.221. The fourth-order valence-corrected chi connectivity index (χ4v) is 3.88.